The minimum Gasteiger partial charge on any atom is -0.455 e. The Kier molecular flexibility index (Phi) is 4.62. The first-order valence-corrected chi connectivity index (χ1v) is 7.29. The van der Waals surface area contributed by atoms with Gasteiger partial charge in [-0.25, -0.2) is 10.1 Å². The van der Waals surface area contributed by atoms with Gasteiger partial charge in [-0.05, 0) is 28.5 Å². The zero-order valence-corrected chi connectivity index (χ0v) is 13.5. The van der Waals surface area contributed by atoms with E-state index in [9.17, 15) is 14.9 Å². The maximum Gasteiger partial charge on any atom is 0.297 e. The van der Waals surface area contributed by atoms with Crippen molar-refractivity contribution in [1.82, 2.24) is 15.7 Å². The predicted octanol–water partition coefficient (Wildman–Crippen LogP) is 2.24. The van der Waals surface area contributed by atoms with Crippen molar-refractivity contribution in [3.63, 3.8) is 0 Å². The number of nitrogens with two attached hydrogens (primary N) is 1. The number of halogens is 1. The molecule has 11 nitrogen and oxygen atoms in total. The Hall–Kier alpha value is -3.73. The van der Waals surface area contributed by atoms with Gasteiger partial charge in [-0.3, -0.25) is 14.9 Å². The Balaban J connectivity index is 1.71. The standard InChI is InChI=1S/C14H9ClN6O5/c15-10-5-7(21(23)24)1-3-9(10)11-4-2-8(25-11)6-17-18-14(22)12-13(16)20-26-19-12/h1-6H,(H2,16,20)(H,18,22)/b17-6-. The molecule has 0 aliphatic heterocycles. The van der Waals surface area contributed by atoms with Crippen molar-refractivity contribution in [3.05, 3.63) is 56.9 Å². The second kappa shape index (κ2) is 7.03. The third-order valence-electron chi connectivity index (χ3n) is 3.14. The molecule has 132 valence electrons. The lowest BCUT2D eigenvalue weighted by Crippen LogP contribution is -2.19. The average Bonchev–Trinajstić information content (AvgIpc) is 3.23. The topological polar surface area (TPSA) is 163 Å². The van der Waals surface area contributed by atoms with Crippen LogP contribution in [0.2, 0.25) is 5.02 Å². The number of amides is 1. The normalized spacial score (nSPS) is 11.0. The van der Waals surface area contributed by atoms with E-state index in [1.807, 2.05) is 0 Å². The number of aromatic nitrogens is 2. The van der Waals surface area contributed by atoms with Crippen molar-refractivity contribution in [2.75, 3.05) is 5.73 Å². The molecule has 2 heterocycles. The lowest BCUT2D eigenvalue weighted by atomic mass is 10.1. The molecule has 3 rings (SSSR count). The highest BCUT2D eigenvalue weighted by molar-refractivity contribution is 6.33. The zero-order chi connectivity index (χ0) is 18.7. The van der Waals surface area contributed by atoms with Crippen LogP contribution in [-0.2, 0) is 0 Å². The first-order valence-electron chi connectivity index (χ1n) is 6.91. The summed E-state index contributed by atoms with van der Waals surface area (Å²) in [6.45, 7) is 0. The number of nitrogens with zero attached hydrogens (tertiary/aromatic N) is 4. The van der Waals surface area contributed by atoms with Crippen molar-refractivity contribution in [1.29, 1.82) is 0 Å². The van der Waals surface area contributed by atoms with E-state index >= 15 is 0 Å². The molecule has 3 N–H and O–H groups in total. The van der Waals surface area contributed by atoms with Gasteiger partial charge in [0.1, 0.15) is 11.5 Å². The van der Waals surface area contributed by atoms with E-state index in [1.54, 1.807) is 12.1 Å². The number of non-ortho nitro benzene ring substituents is 1. The minimum atomic E-state index is -0.704. The number of nitrogens with one attached hydrogen (secondary N) is 1. The van der Waals surface area contributed by atoms with Gasteiger partial charge in [0.2, 0.25) is 11.5 Å². The number of hydrazone groups is 1. The molecule has 0 bridgehead atoms. The number of rotatable bonds is 5. The van der Waals surface area contributed by atoms with Crippen LogP contribution in [0.15, 0.2) is 44.5 Å². The lowest BCUT2D eigenvalue weighted by Gasteiger charge is -2.00. The van der Waals surface area contributed by atoms with E-state index in [4.69, 9.17) is 21.8 Å². The molecule has 2 aromatic heterocycles. The second-order valence-corrected chi connectivity index (χ2v) is 5.23. The zero-order valence-electron chi connectivity index (χ0n) is 12.7. The summed E-state index contributed by atoms with van der Waals surface area (Å²) >= 11 is 6.05. The largest absolute Gasteiger partial charge is 0.455 e. The maximum absolute atomic E-state index is 11.7. The van der Waals surface area contributed by atoms with Crippen LogP contribution in [0.3, 0.4) is 0 Å². The number of nitrogen functional groups attached to an aromatic ring is 1. The summed E-state index contributed by atoms with van der Waals surface area (Å²) in [4.78, 5) is 21.9. The fourth-order valence-electron chi connectivity index (χ4n) is 1.94. The number of anilines is 1. The van der Waals surface area contributed by atoms with Gasteiger partial charge >= 0.3 is 0 Å². The third kappa shape index (κ3) is 3.52. The van der Waals surface area contributed by atoms with E-state index in [-0.39, 0.29) is 22.2 Å². The van der Waals surface area contributed by atoms with Crippen LogP contribution < -0.4 is 11.2 Å². The van der Waals surface area contributed by atoms with Crippen LogP contribution in [0.5, 0.6) is 0 Å². The monoisotopic (exact) mass is 376 g/mol. The highest BCUT2D eigenvalue weighted by Crippen LogP contribution is 2.31. The molecule has 3 aromatic rings. The summed E-state index contributed by atoms with van der Waals surface area (Å²) in [7, 11) is 0. The number of carbonyl (C=O) groups excluding carboxylic acids is 1. The highest BCUT2D eigenvalue weighted by atomic mass is 35.5. The van der Waals surface area contributed by atoms with E-state index in [0.29, 0.717) is 17.1 Å². The summed E-state index contributed by atoms with van der Waals surface area (Å²) in [5.41, 5.74) is 7.72. The molecule has 0 fully saturated rings. The number of benzene rings is 1. The molecule has 0 atom stereocenters. The first-order chi connectivity index (χ1) is 12.5. The van der Waals surface area contributed by atoms with Crippen LogP contribution in [0, 0.1) is 10.1 Å². The van der Waals surface area contributed by atoms with E-state index in [0.717, 1.165) is 0 Å². The van der Waals surface area contributed by atoms with Crippen LogP contribution in [0.25, 0.3) is 11.3 Å². The minimum absolute atomic E-state index is 0.128. The van der Waals surface area contributed by atoms with Crippen molar-refractivity contribution < 1.29 is 18.8 Å². The second-order valence-electron chi connectivity index (χ2n) is 4.82. The summed E-state index contributed by atoms with van der Waals surface area (Å²) < 4.78 is 9.83. The van der Waals surface area contributed by atoms with Gasteiger partial charge in [0.05, 0.1) is 16.2 Å². The van der Waals surface area contributed by atoms with Gasteiger partial charge in [0.25, 0.3) is 11.6 Å². The Morgan fingerprint density at radius 1 is 1.35 bits per heavy atom. The Morgan fingerprint density at radius 3 is 2.81 bits per heavy atom. The molecule has 0 saturated heterocycles. The van der Waals surface area contributed by atoms with Crippen molar-refractivity contribution in [3.8, 4) is 11.3 Å². The summed E-state index contributed by atoms with van der Waals surface area (Å²) in [6, 6.07) is 7.20. The molecule has 1 amide bonds. The average molecular weight is 377 g/mol. The molecule has 0 aliphatic rings. The molecule has 0 aliphatic carbocycles. The van der Waals surface area contributed by atoms with Gasteiger partial charge in [-0.1, -0.05) is 11.6 Å². The van der Waals surface area contributed by atoms with Crippen LogP contribution in [0.1, 0.15) is 16.2 Å². The Labute approximate surface area is 149 Å². The van der Waals surface area contributed by atoms with Crippen molar-refractivity contribution in [2.24, 2.45) is 5.10 Å². The van der Waals surface area contributed by atoms with Gasteiger partial charge in [0.15, 0.2) is 0 Å². The fourth-order valence-corrected chi connectivity index (χ4v) is 2.21. The molecule has 26 heavy (non-hydrogen) atoms. The van der Waals surface area contributed by atoms with Crippen molar-refractivity contribution in [2.45, 2.75) is 0 Å². The van der Waals surface area contributed by atoms with Crippen molar-refractivity contribution >= 4 is 35.2 Å². The van der Waals surface area contributed by atoms with Crippen LogP contribution in [-0.4, -0.2) is 27.4 Å². The van der Waals surface area contributed by atoms with Crippen LogP contribution >= 0.6 is 11.6 Å². The van der Waals surface area contributed by atoms with E-state index < -0.39 is 10.8 Å². The van der Waals surface area contributed by atoms with Gasteiger partial charge in [0, 0.05) is 17.7 Å². The number of carbonyl (C=O) groups is 1. The Morgan fingerprint density at radius 2 is 2.15 bits per heavy atom. The molecule has 0 saturated carbocycles. The third-order valence-corrected chi connectivity index (χ3v) is 3.46. The molecule has 12 heteroatoms. The number of nitro benzene ring substituents is 1. The number of furan rings is 1. The first kappa shape index (κ1) is 17.1. The Bertz CT molecular complexity index is 1010. The maximum atomic E-state index is 11.7. The molecule has 1 aromatic carbocycles. The quantitative estimate of drug-likeness (QED) is 0.389. The fraction of sp³-hybridized carbons (Fsp3) is 0. The van der Waals surface area contributed by atoms with Gasteiger partial charge in [-0.15, -0.1) is 0 Å². The molecular formula is C14H9ClN6O5. The molecule has 0 radical (unpaired) electrons. The molecular weight excluding hydrogens is 368 g/mol. The number of nitro groups is 1. The highest BCUT2D eigenvalue weighted by Gasteiger charge is 2.15. The van der Waals surface area contributed by atoms with Gasteiger partial charge in [-0.2, -0.15) is 5.10 Å². The summed E-state index contributed by atoms with van der Waals surface area (Å²) in [6.07, 6.45) is 1.24. The SMILES string of the molecule is Nc1nonc1C(=O)N/N=C\c1ccc(-c2ccc([N+](=O)[O-])cc2Cl)o1. The molecule has 0 unspecified atom stereocenters. The number of hydrogen-bond donors (Lipinski definition) is 2. The smallest absolute Gasteiger partial charge is 0.297 e. The number of hydrogen-bond acceptors (Lipinski definition) is 9. The van der Waals surface area contributed by atoms with E-state index in [1.165, 1.54) is 24.4 Å². The lowest BCUT2D eigenvalue weighted by molar-refractivity contribution is -0.384. The van der Waals surface area contributed by atoms with E-state index in [2.05, 4.69) is 25.5 Å². The van der Waals surface area contributed by atoms with Crippen LogP contribution in [0.4, 0.5) is 11.5 Å². The predicted molar refractivity (Wildman–Crippen MR) is 89.6 cm³/mol. The summed E-state index contributed by atoms with van der Waals surface area (Å²) in [5, 5.41) is 21.2. The summed E-state index contributed by atoms with van der Waals surface area (Å²) in [5.74, 6) is -0.181. The molecule has 0 spiro atoms. The van der Waals surface area contributed by atoms with Gasteiger partial charge < -0.3 is 10.2 Å².